The lowest BCUT2D eigenvalue weighted by Gasteiger charge is -2.52. The van der Waals surface area contributed by atoms with Crippen molar-refractivity contribution in [3.63, 3.8) is 0 Å². The molecule has 226 valence electrons. The third-order valence-corrected chi connectivity index (χ3v) is 8.36. The van der Waals surface area contributed by atoms with E-state index in [0.717, 1.165) is 61.1 Å². The molecule has 0 bridgehead atoms. The Morgan fingerprint density at radius 2 is 2.00 bits per heavy atom. The molecule has 12 nitrogen and oxygen atoms in total. The molecule has 6 rings (SSSR count). The molecular weight excluding hydrogens is 563 g/mol. The Balaban J connectivity index is 1.08. The molecule has 1 saturated heterocycles. The number of nitrogens with one attached hydrogen (secondary N) is 3. The molecule has 5 heterocycles. The Hall–Kier alpha value is -4.13. The predicted molar refractivity (Wildman–Crippen MR) is 150 cm³/mol. The number of likely N-dealkylation sites (tertiary alicyclic amines) is 1. The van der Waals surface area contributed by atoms with Crippen LogP contribution in [-0.2, 0) is 18.3 Å². The van der Waals surface area contributed by atoms with Gasteiger partial charge in [0, 0.05) is 67.7 Å². The molecule has 43 heavy (non-hydrogen) atoms. The van der Waals surface area contributed by atoms with Gasteiger partial charge in [0.2, 0.25) is 5.82 Å². The summed E-state index contributed by atoms with van der Waals surface area (Å²) < 4.78 is 42.2. The number of H-pyrrole nitrogens is 1. The standard InChI is InChI=1S/C28H32F3N11O/c29-28(30,31)26-39-20(15-33-7-10-43)11-23(40-26)38-19-2-8-41(9-3-19)21-12-27(13-21,4-5-32)42-16-18(14-37-42)24-22-1-6-34-25(22)36-17-35-24/h1,6,11,14,16-17,19,21,33,43H,2-4,7-10,12-13,15H2,(H,34,35,36)(H,38,39,40). The molecule has 1 aliphatic carbocycles. The summed E-state index contributed by atoms with van der Waals surface area (Å²) in [7, 11) is 0. The topological polar surface area (TPSA) is 156 Å². The van der Waals surface area contributed by atoms with Crippen molar-refractivity contribution in [1.82, 2.24) is 44.9 Å². The number of aromatic nitrogens is 7. The van der Waals surface area contributed by atoms with Crippen LogP contribution < -0.4 is 10.6 Å². The van der Waals surface area contributed by atoms with Crippen molar-refractivity contribution in [3.05, 3.63) is 48.6 Å². The number of piperidine rings is 1. The lowest BCUT2D eigenvalue weighted by molar-refractivity contribution is -0.145. The number of anilines is 1. The summed E-state index contributed by atoms with van der Waals surface area (Å²) >= 11 is 0. The third kappa shape index (κ3) is 6.03. The molecule has 0 spiro atoms. The van der Waals surface area contributed by atoms with E-state index in [9.17, 15) is 18.4 Å². The Bertz CT molecular complexity index is 1600. The molecule has 15 heteroatoms. The van der Waals surface area contributed by atoms with Crippen molar-refractivity contribution >= 4 is 16.9 Å². The molecule has 2 aliphatic rings. The van der Waals surface area contributed by atoms with Crippen LogP contribution in [-0.4, -0.2) is 83.0 Å². The SMILES string of the molecule is N#CCC1(n2cc(-c3ncnc4[nH]ccc34)cn2)CC(N2CCC(Nc3cc(CNCCO)nc(C(F)(F)F)n3)CC2)C1. The van der Waals surface area contributed by atoms with Crippen LogP contribution in [0.25, 0.3) is 22.3 Å². The van der Waals surface area contributed by atoms with E-state index in [1.165, 1.54) is 12.4 Å². The van der Waals surface area contributed by atoms with E-state index in [1.54, 1.807) is 6.20 Å². The number of halogens is 3. The summed E-state index contributed by atoms with van der Waals surface area (Å²) in [5, 5.41) is 30.2. The van der Waals surface area contributed by atoms with E-state index in [1.807, 2.05) is 23.1 Å². The van der Waals surface area contributed by atoms with Gasteiger partial charge in [0.15, 0.2) is 0 Å². The Morgan fingerprint density at radius 3 is 2.74 bits per heavy atom. The van der Waals surface area contributed by atoms with E-state index in [2.05, 4.69) is 51.6 Å². The van der Waals surface area contributed by atoms with E-state index < -0.39 is 17.5 Å². The molecule has 0 aromatic carbocycles. The zero-order valence-corrected chi connectivity index (χ0v) is 23.3. The minimum Gasteiger partial charge on any atom is -0.395 e. The van der Waals surface area contributed by atoms with Gasteiger partial charge in [0.1, 0.15) is 17.8 Å². The van der Waals surface area contributed by atoms with Crippen LogP contribution in [0.3, 0.4) is 0 Å². The van der Waals surface area contributed by atoms with Gasteiger partial charge >= 0.3 is 6.18 Å². The minimum absolute atomic E-state index is 0.0266. The number of fused-ring (bicyclic) bond motifs is 1. The minimum atomic E-state index is -4.66. The van der Waals surface area contributed by atoms with Gasteiger partial charge in [0.25, 0.3) is 0 Å². The summed E-state index contributed by atoms with van der Waals surface area (Å²) in [5.41, 5.74) is 2.21. The molecule has 0 radical (unpaired) electrons. The van der Waals surface area contributed by atoms with Gasteiger partial charge in [-0.2, -0.15) is 23.5 Å². The first-order valence-corrected chi connectivity index (χ1v) is 14.3. The second-order valence-corrected chi connectivity index (χ2v) is 11.2. The quantitative estimate of drug-likeness (QED) is 0.201. The lowest BCUT2D eigenvalue weighted by atomic mass is 9.69. The fourth-order valence-electron chi connectivity index (χ4n) is 6.14. The Kier molecular flexibility index (Phi) is 7.99. The van der Waals surface area contributed by atoms with Crippen LogP contribution in [0.2, 0.25) is 0 Å². The van der Waals surface area contributed by atoms with Crippen LogP contribution >= 0.6 is 0 Å². The maximum atomic E-state index is 13.4. The van der Waals surface area contributed by atoms with Gasteiger partial charge in [-0.3, -0.25) is 4.68 Å². The third-order valence-electron chi connectivity index (χ3n) is 8.36. The van der Waals surface area contributed by atoms with E-state index in [-0.39, 0.29) is 43.3 Å². The number of nitrogens with zero attached hydrogens (tertiary/aromatic N) is 8. The summed E-state index contributed by atoms with van der Waals surface area (Å²) in [6.07, 6.45) is 5.83. The number of aliphatic hydroxyl groups is 1. The highest BCUT2D eigenvalue weighted by Gasteiger charge is 2.49. The summed E-state index contributed by atoms with van der Waals surface area (Å²) in [6, 6.07) is 6.06. The van der Waals surface area contributed by atoms with Gasteiger partial charge in [-0.05, 0) is 31.7 Å². The maximum absolute atomic E-state index is 13.4. The largest absolute Gasteiger partial charge is 0.451 e. The number of nitriles is 1. The van der Waals surface area contributed by atoms with E-state index in [0.29, 0.717) is 6.42 Å². The van der Waals surface area contributed by atoms with Crippen LogP contribution in [0.1, 0.15) is 43.6 Å². The van der Waals surface area contributed by atoms with Crippen molar-refractivity contribution in [3.8, 4) is 17.3 Å². The van der Waals surface area contributed by atoms with Crippen molar-refractivity contribution < 1.29 is 18.3 Å². The molecule has 1 saturated carbocycles. The van der Waals surface area contributed by atoms with Gasteiger partial charge in [-0.1, -0.05) is 0 Å². The van der Waals surface area contributed by atoms with Crippen LogP contribution in [0.5, 0.6) is 0 Å². The number of alkyl halides is 3. The summed E-state index contributed by atoms with van der Waals surface area (Å²) in [4.78, 5) is 21.6. The first kappa shape index (κ1) is 29.0. The summed E-state index contributed by atoms with van der Waals surface area (Å²) in [5.74, 6) is -1.04. The molecule has 4 N–H and O–H groups in total. The lowest BCUT2D eigenvalue weighted by Crippen LogP contribution is -2.58. The second-order valence-electron chi connectivity index (χ2n) is 11.2. The molecular formula is C28H32F3N11O. The Morgan fingerprint density at radius 1 is 1.19 bits per heavy atom. The van der Waals surface area contributed by atoms with E-state index >= 15 is 0 Å². The first-order valence-electron chi connectivity index (χ1n) is 14.3. The average molecular weight is 596 g/mol. The molecule has 2 fully saturated rings. The van der Waals surface area contributed by atoms with Crippen LogP contribution in [0.4, 0.5) is 19.0 Å². The second kappa shape index (κ2) is 11.9. The Labute approximate surface area is 245 Å². The van der Waals surface area contributed by atoms with Crippen LogP contribution in [0, 0.1) is 11.3 Å². The van der Waals surface area contributed by atoms with Crippen LogP contribution in [0.15, 0.2) is 37.1 Å². The van der Waals surface area contributed by atoms with Crippen molar-refractivity contribution in [2.75, 3.05) is 31.6 Å². The number of rotatable bonds is 10. The number of aromatic amines is 1. The van der Waals surface area contributed by atoms with Gasteiger partial charge < -0.3 is 25.6 Å². The van der Waals surface area contributed by atoms with Gasteiger partial charge in [-0.15, -0.1) is 0 Å². The van der Waals surface area contributed by atoms with Crippen molar-refractivity contribution in [1.29, 1.82) is 5.26 Å². The zero-order valence-electron chi connectivity index (χ0n) is 23.3. The zero-order chi connectivity index (χ0) is 30.0. The number of aliphatic hydroxyl groups excluding tert-OH is 1. The highest BCUT2D eigenvalue weighted by Crippen LogP contribution is 2.45. The fourth-order valence-corrected chi connectivity index (χ4v) is 6.14. The van der Waals surface area contributed by atoms with E-state index in [4.69, 9.17) is 5.11 Å². The fraction of sp³-hybridized carbons (Fsp3) is 0.500. The van der Waals surface area contributed by atoms with Crippen molar-refractivity contribution in [2.45, 2.75) is 62.4 Å². The molecule has 4 aromatic heterocycles. The summed E-state index contributed by atoms with van der Waals surface area (Å²) in [6.45, 7) is 1.79. The first-order chi connectivity index (χ1) is 20.8. The highest BCUT2D eigenvalue weighted by atomic mass is 19.4. The molecule has 1 aliphatic heterocycles. The number of hydrogen-bond acceptors (Lipinski definition) is 10. The molecule has 0 unspecified atom stereocenters. The number of hydrogen-bond donors (Lipinski definition) is 4. The average Bonchev–Trinajstić information content (AvgIpc) is 3.65. The van der Waals surface area contributed by atoms with Crippen molar-refractivity contribution in [2.24, 2.45) is 0 Å². The normalized spacial score (nSPS) is 21.5. The predicted octanol–water partition coefficient (Wildman–Crippen LogP) is 3.06. The van der Waals surface area contributed by atoms with Gasteiger partial charge in [0.05, 0.1) is 42.2 Å². The molecule has 0 amide bonds. The molecule has 4 aromatic rings. The maximum Gasteiger partial charge on any atom is 0.451 e. The molecule has 0 atom stereocenters. The monoisotopic (exact) mass is 595 g/mol. The smallest absolute Gasteiger partial charge is 0.395 e. The van der Waals surface area contributed by atoms with Gasteiger partial charge in [-0.25, -0.2) is 19.9 Å². The highest BCUT2D eigenvalue weighted by molar-refractivity contribution is 5.90.